The lowest BCUT2D eigenvalue weighted by Gasteiger charge is -2.49. The normalized spacial score (nSPS) is 45.2. The van der Waals surface area contributed by atoms with E-state index >= 15 is 0 Å². The zero-order valence-corrected chi connectivity index (χ0v) is 20.0. The third-order valence-electron chi connectivity index (χ3n) is 6.92. The van der Waals surface area contributed by atoms with Crippen molar-refractivity contribution in [2.75, 3.05) is 27.2 Å². The van der Waals surface area contributed by atoms with Gasteiger partial charge in [-0.1, -0.05) is 0 Å². The standard InChI is InChI=1S/C21H41N7O6/c1-21(31)8-32-19(15(30)18(21)27-3)34-16-11(23)6-10(22)13(14(16)29)17-12(28-20(24)25)5-4-9(33-17)7-26-2/h4,10-19,26-27,29-31H,5-8,22-23H2,1-3H3,(H4,24,25,28). The number of ether oxygens (including phenoxy) is 3. The average Bonchev–Trinajstić information content (AvgIpc) is 2.74. The molecule has 1 saturated heterocycles. The average molecular weight is 488 g/mol. The van der Waals surface area contributed by atoms with Crippen LogP contribution in [0.3, 0.4) is 0 Å². The Bertz CT molecular complexity index is 749. The van der Waals surface area contributed by atoms with Gasteiger partial charge in [0.15, 0.2) is 12.2 Å². The molecule has 13 N–H and O–H groups in total. The van der Waals surface area contributed by atoms with Gasteiger partial charge in [0.1, 0.15) is 29.7 Å². The molecule has 11 unspecified atom stereocenters. The number of nitrogens with two attached hydrogens (primary N) is 4. The van der Waals surface area contributed by atoms with Crippen molar-refractivity contribution in [2.45, 2.75) is 80.2 Å². The number of hydrogen-bond acceptors (Lipinski definition) is 11. The first-order valence-electron chi connectivity index (χ1n) is 11.6. The van der Waals surface area contributed by atoms with Gasteiger partial charge in [-0.25, -0.2) is 4.99 Å². The molecule has 13 heteroatoms. The SMILES string of the molecule is CNCC1=CCC(N=C(N)N)C(C2C(N)CC(N)C(OC3OCC(C)(O)C(NC)C3O)C2O)O1. The highest BCUT2D eigenvalue weighted by Crippen LogP contribution is 2.37. The summed E-state index contributed by atoms with van der Waals surface area (Å²) < 4.78 is 17.8. The van der Waals surface area contributed by atoms with Crippen molar-refractivity contribution in [1.29, 1.82) is 0 Å². The smallest absolute Gasteiger partial charge is 0.186 e. The molecule has 2 fully saturated rings. The minimum atomic E-state index is -1.30. The van der Waals surface area contributed by atoms with Crippen LogP contribution in [0.15, 0.2) is 16.8 Å². The Morgan fingerprint density at radius 1 is 1.24 bits per heavy atom. The van der Waals surface area contributed by atoms with Gasteiger partial charge in [-0.2, -0.15) is 0 Å². The van der Waals surface area contributed by atoms with E-state index in [0.29, 0.717) is 25.1 Å². The van der Waals surface area contributed by atoms with Gasteiger partial charge in [0, 0.05) is 18.0 Å². The molecular formula is C21H41N7O6. The zero-order valence-electron chi connectivity index (χ0n) is 20.0. The fourth-order valence-electron chi connectivity index (χ4n) is 5.30. The number of rotatable bonds is 7. The number of nitrogens with one attached hydrogen (secondary N) is 2. The molecule has 1 aliphatic carbocycles. The van der Waals surface area contributed by atoms with Crippen LogP contribution in [0.4, 0.5) is 0 Å². The van der Waals surface area contributed by atoms with Gasteiger partial charge < -0.3 is 63.1 Å². The summed E-state index contributed by atoms with van der Waals surface area (Å²) in [5, 5.41) is 38.6. The van der Waals surface area contributed by atoms with Crippen LogP contribution in [-0.2, 0) is 14.2 Å². The first-order chi connectivity index (χ1) is 16.0. The van der Waals surface area contributed by atoms with Crippen LogP contribution < -0.4 is 33.6 Å². The van der Waals surface area contributed by atoms with Crippen molar-refractivity contribution in [1.82, 2.24) is 10.6 Å². The maximum absolute atomic E-state index is 11.4. The van der Waals surface area contributed by atoms with E-state index in [0.717, 1.165) is 0 Å². The first-order valence-corrected chi connectivity index (χ1v) is 11.6. The third kappa shape index (κ3) is 5.64. The van der Waals surface area contributed by atoms with Crippen molar-refractivity contribution >= 4 is 5.96 Å². The van der Waals surface area contributed by atoms with Crippen molar-refractivity contribution in [3.8, 4) is 0 Å². The summed E-state index contributed by atoms with van der Waals surface area (Å²) in [4.78, 5) is 4.31. The van der Waals surface area contributed by atoms with Crippen LogP contribution in [-0.4, -0.2) is 109 Å². The van der Waals surface area contributed by atoms with Gasteiger partial charge >= 0.3 is 0 Å². The second kappa shape index (κ2) is 11.0. The molecule has 34 heavy (non-hydrogen) atoms. The summed E-state index contributed by atoms with van der Waals surface area (Å²) in [6.45, 7) is 1.98. The lowest BCUT2D eigenvalue weighted by atomic mass is 9.73. The predicted molar refractivity (Wildman–Crippen MR) is 125 cm³/mol. The molecule has 11 atom stereocenters. The molecule has 0 amide bonds. The molecule has 2 heterocycles. The van der Waals surface area contributed by atoms with E-state index in [2.05, 4.69) is 15.6 Å². The topological polar surface area (TPSA) is 229 Å². The molecule has 196 valence electrons. The van der Waals surface area contributed by atoms with Gasteiger partial charge in [-0.05, 0) is 39.9 Å². The Morgan fingerprint density at radius 2 is 1.94 bits per heavy atom. The van der Waals surface area contributed by atoms with Gasteiger partial charge in [-0.3, -0.25) is 0 Å². The van der Waals surface area contributed by atoms with Crippen molar-refractivity contribution in [3.63, 3.8) is 0 Å². The molecule has 3 aliphatic rings. The second-order valence-electron chi connectivity index (χ2n) is 9.67. The van der Waals surface area contributed by atoms with Crippen LogP contribution in [0.2, 0.25) is 0 Å². The molecule has 1 saturated carbocycles. The third-order valence-corrected chi connectivity index (χ3v) is 6.92. The monoisotopic (exact) mass is 487 g/mol. The summed E-state index contributed by atoms with van der Waals surface area (Å²) in [6.07, 6.45) is -2.25. The van der Waals surface area contributed by atoms with Gasteiger partial charge in [-0.15, -0.1) is 0 Å². The minimum Gasteiger partial charge on any atom is -0.491 e. The lowest BCUT2D eigenvalue weighted by molar-refractivity contribution is -0.296. The molecule has 0 spiro atoms. The summed E-state index contributed by atoms with van der Waals surface area (Å²) in [6, 6.07) is -2.29. The highest BCUT2D eigenvalue weighted by atomic mass is 16.7. The number of likely N-dealkylation sites (N-methyl/N-ethyl adjacent to an activating group) is 2. The summed E-state index contributed by atoms with van der Waals surface area (Å²) in [7, 11) is 3.43. The van der Waals surface area contributed by atoms with E-state index in [9.17, 15) is 15.3 Å². The number of aliphatic hydroxyl groups excluding tert-OH is 2. The summed E-state index contributed by atoms with van der Waals surface area (Å²) >= 11 is 0. The first kappa shape index (κ1) is 27.0. The van der Waals surface area contributed by atoms with Crippen molar-refractivity contribution < 1.29 is 29.5 Å². The zero-order chi connectivity index (χ0) is 25.2. The van der Waals surface area contributed by atoms with Crippen LogP contribution in [0.25, 0.3) is 0 Å². The highest BCUT2D eigenvalue weighted by Gasteiger charge is 2.52. The van der Waals surface area contributed by atoms with Crippen LogP contribution in [0.1, 0.15) is 19.8 Å². The number of aliphatic imine (C=N–C) groups is 1. The minimum absolute atomic E-state index is 0.0717. The number of hydrogen-bond donors (Lipinski definition) is 9. The fraction of sp³-hybridized carbons (Fsp3) is 0.857. The number of nitrogens with zero attached hydrogens (tertiary/aromatic N) is 1. The number of guanidine groups is 1. The maximum atomic E-state index is 11.4. The molecule has 0 radical (unpaired) electrons. The van der Waals surface area contributed by atoms with Gasteiger partial charge in [0.25, 0.3) is 0 Å². The summed E-state index contributed by atoms with van der Waals surface area (Å²) in [5.41, 5.74) is 22.8. The Balaban J connectivity index is 1.82. The second-order valence-corrected chi connectivity index (χ2v) is 9.67. The van der Waals surface area contributed by atoms with Crippen molar-refractivity contribution in [2.24, 2.45) is 33.8 Å². The highest BCUT2D eigenvalue weighted by molar-refractivity contribution is 5.76. The Labute approximate surface area is 199 Å². The van der Waals surface area contributed by atoms with E-state index in [1.165, 1.54) is 0 Å². The van der Waals surface area contributed by atoms with Gasteiger partial charge in [0.05, 0.1) is 31.3 Å². The van der Waals surface area contributed by atoms with E-state index in [-0.39, 0.29) is 12.6 Å². The maximum Gasteiger partial charge on any atom is 0.186 e. The Hall–Kier alpha value is -1.55. The predicted octanol–water partition coefficient (Wildman–Crippen LogP) is -4.00. The molecule has 0 aromatic carbocycles. The van der Waals surface area contributed by atoms with E-state index < -0.39 is 66.4 Å². The molecule has 13 nitrogen and oxygen atoms in total. The van der Waals surface area contributed by atoms with Crippen molar-refractivity contribution in [3.05, 3.63) is 11.8 Å². The van der Waals surface area contributed by atoms with E-state index in [1.54, 1.807) is 21.0 Å². The molecule has 0 aromatic heterocycles. The summed E-state index contributed by atoms with van der Waals surface area (Å²) in [5.74, 6) is 0.00475. The van der Waals surface area contributed by atoms with E-state index in [4.69, 9.17) is 37.1 Å². The van der Waals surface area contributed by atoms with E-state index in [1.807, 2.05) is 6.08 Å². The molecule has 3 rings (SSSR count). The Morgan fingerprint density at radius 3 is 2.56 bits per heavy atom. The van der Waals surface area contributed by atoms with Crippen LogP contribution in [0, 0.1) is 5.92 Å². The molecular weight excluding hydrogens is 446 g/mol. The Kier molecular flexibility index (Phi) is 8.76. The number of aliphatic hydroxyl groups is 3. The van der Waals surface area contributed by atoms with Crippen LogP contribution >= 0.6 is 0 Å². The fourth-order valence-corrected chi connectivity index (χ4v) is 5.30. The molecule has 2 aliphatic heterocycles. The quantitative estimate of drug-likeness (QED) is 0.124. The lowest BCUT2D eigenvalue weighted by Crippen LogP contribution is -2.68. The van der Waals surface area contributed by atoms with Crippen LogP contribution in [0.5, 0.6) is 0 Å². The molecule has 0 bridgehead atoms. The largest absolute Gasteiger partial charge is 0.491 e. The molecule has 0 aromatic rings. The van der Waals surface area contributed by atoms with Gasteiger partial charge in [0.2, 0.25) is 0 Å².